The number of allylic oxidation sites excluding steroid dienone is 2. The van der Waals surface area contributed by atoms with Gasteiger partial charge >= 0.3 is 0 Å². The summed E-state index contributed by atoms with van der Waals surface area (Å²) in [6.07, 6.45) is 13.6. The van der Waals surface area contributed by atoms with E-state index >= 15 is 0 Å². The summed E-state index contributed by atoms with van der Waals surface area (Å²) in [5, 5.41) is 0. The Morgan fingerprint density at radius 1 is 1.12 bits per heavy atom. The van der Waals surface area contributed by atoms with Crippen molar-refractivity contribution >= 4 is 6.21 Å². The lowest BCUT2D eigenvalue weighted by molar-refractivity contribution is 0.656. The van der Waals surface area contributed by atoms with Crippen LogP contribution >= 0.6 is 0 Å². The summed E-state index contributed by atoms with van der Waals surface area (Å²) >= 11 is 0. The third kappa shape index (κ3) is 15.6. The van der Waals surface area contributed by atoms with Crippen LogP contribution in [0.2, 0.25) is 0 Å². The molecule has 1 heterocycles. The van der Waals surface area contributed by atoms with Gasteiger partial charge in [-0.05, 0) is 6.08 Å². The summed E-state index contributed by atoms with van der Waals surface area (Å²) < 4.78 is 0. The van der Waals surface area contributed by atoms with Gasteiger partial charge in [-0.15, -0.1) is 0 Å². The Morgan fingerprint density at radius 3 is 1.94 bits per heavy atom. The molecule has 0 unspecified atom stereocenters. The maximum atomic E-state index is 3.92. The fraction of sp³-hybridized carbons (Fsp3) is 0.667. The molecule has 0 bridgehead atoms. The first-order chi connectivity index (χ1) is 7.81. The number of aliphatic imine (C=N–C) groups is 1. The second kappa shape index (κ2) is 16.6. The molecule has 1 heteroatoms. The Bertz CT molecular complexity index is 186. The van der Waals surface area contributed by atoms with E-state index in [1.165, 1.54) is 32.1 Å². The second-order valence-electron chi connectivity index (χ2n) is 3.54. The van der Waals surface area contributed by atoms with E-state index in [2.05, 4.69) is 25.4 Å². The zero-order valence-electron chi connectivity index (χ0n) is 11.6. The van der Waals surface area contributed by atoms with E-state index in [4.69, 9.17) is 0 Å². The lowest BCUT2D eigenvalue weighted by Gasteiger charge is -1.94. The van der Waals surface area contributed by atoms with Crippen LogP contribution in [0, 0.1) is 0 Å². The van der Waals surface area contributed by atoms with Gasteiger partial charge in [0.05, 0.1) is 0 Å². The fourth-order valence-corrected chi connectivity index (χ4v) is 1.14. The van der Waals surface area contributed by atoms with Crippen molar-refractivity contribution in [2.24, 2.45) is 4.99 Å². The maximum Gasteiger partial charge on any atom is 0.0369 e. The summed E-state index contributed by atoms with van der Waals surface area (Å²) in [7, 11) is 0. The van der Waals surface area contributed by atoms with Crippen molar-refractivity contribution in [1.29, 1.82) is 0 Å². The predicted octanol–water partition coefficient (Wildman–Crippen LogP) is 5.53. The van der Waals surface area contributed by atoms with Gasteiger partial charge in [-0.2, -0.15) is 0 Å². The van der Waals surface area contributed by atoms with Gasteiger partial charge < -0.3 is 0 Å². The maximum absolute atomic E-state index is 3.92. The average Bonchev–Trinajstić information content (AvgIpc) is 2.34. The molecule has 1 aliphatic rings. The summed E-state index contributed by atoms with van der Waals surface area (Å²) in [5.74, 6) is 0. The van der Waals surface area contributed by atoms with Crippen LogP contribution in [-0.4, -0.2) is 6.21 Å². The minimum atomic E-state index is 0.913. The number of nitrogens with zero attached hydrogens (tertiary/aromatic N) is 1. The molecule has 1 rings (SSSR count). The number of rotatable bonds is 4. The highest BCUT2D eigenvalue weighted by molar-refractivity contribution is 5.73. The van der Waals surface area contributed by atoms with E-state index in [-0.39, 0.29) is 0 Å². The molecule has 1 aliphatic heterocycles. The van der Waals surface area contributed by atoms with E-state index in [0.29, 0.717) is 0 Å². The number of dihydropyridines is 1. The zero-order valence-corrected chi connectivity index (χ0v) is 11.6. The Kier molecular flexibility index (Phi) is 18.2. The minimum absolute atomic E-state index is 0.913. The van der Waals surface area contributed by atoms with Gasteiger partial charge in [0.2, 0.25) is 0 Å². The molecule has 0 N–H and O–H groups in total. The minimum Gasteiger partial charge on any atom is -0.262 e. The van der Waals surface area contributed by atoms with Crippen molar-refractivity contribution in [3.05, 3.63) is 24.4 Å². The van der Waals surface area contributed by atoms with E-state index in [0.717, 1.165) is 12.1 Å². The first-order valence-corrected chi connectivity index (χ1v) is 6.68. The molecule has 1 nitrogen and oxygen atoms in total. The van der Waals surface area contributed by atoms with Gasteiger partial charge in [0.25, 0.3) is 0 Å². The summed E-state index contributed by atoms with van der Waals surface area (Å²) in [6.45, 7) is 12.2. The summed E-state index contributed by atoms with van der Waals surface area (Å²) in [6, 6.07) is 0. The molecule has 0 radical (unpaired) electrons. The normalized spacial score (nSPS) is 12.4. The third-order valence-electron chi connectivity index (χ3n) is 2.04. The molecule has 16 heavy (non-hydrogen) atoms. The van der Waals surface area contributed by atoms with Gasteiger partial charge in [0.15, 0.2) is 0 Å². The van der Waals surface area contributed by atoms with Crippen LogP contribution in [-0.2, 0) is 0 Å². The van der Waals surface area contributed by atoms with Crippen molar-refractivity contribution < 1.29 is 0 Å². The Labute approximate surface area is 102 Å². The van der Waals surface area contributed by atoms with E-state index in [1.807, 2.05) is 26.0 Å². The Morgan fingerprint density at radius 2 is 1.69 bits per heavy atom. The summed E-state index contributed by atoms with van der Waals surface area (Å²) in [5.41, 5.74) is 0.947. The van der Waals surface area contributed by atoms with Crippen LogP contribution in [0.15, 0.2) is 29.4 Å². The molecule has 0 spiro atoms. The van der Waals surface area contributed by atoms with Gasteiger partial charge in [0.1, 0.15) is 0 Å². The van der Waals surface area contributed by atoms with E-state index < -0.39 is 0 Å². The van der Waals surface area contributed by atoms with Crippen LogP contribution in [0.25, 0.3) is 0 Å². The molecule has 0 atom stereocenters. The highest BCUT2D eigenvalue weighted by Crippen LogP contribution is 2.02. The molecule has 0 amide bonds. The molecule has 0 fully saturated rings. The highest BCUT2D eigenvalue weighted by atomic mass is 14.7. The van der Waals surface area contributed by atoms with Crippen molar-refractivity contribution in [2.45, 2.75) is 66.2 Å². The summed E-state index contributed by atoms with van der Waals surface area (Å²) in [4.78, 5) is 3.92. The van der Waals surface area contributed by atoms with Crippen LogP contribution in [0.4, 0.5) is 0 Å². The first kappa shape index (κ1) is 17.5. The van der Waals surface area contributed by atoms with E-state index in [9.17, 15) is 0 Å². The molecule has 0 aromatic rings. The Balaban J connectivity index is 0. The van der Waals surface area contributed by atoms with Crippen LogP contribution in [0.1, 0.15) is 66.2 Å². The monoisotopic (exact) mass is 223 g/mol. The molecular weight excluding hydrogens is 194 g/mol. The Hall–Kier alpha value is -0.850. The van der Waals surface area contributed by atoms with Crippen molar-refractivity contribution in [1.82, 2.24) is 0 Å². The van der Waals surface area contributed by atoms with Gasteiger partial charge in [0, 0.05) is 18.3 Å². The third-order valence-corrected chi connectivity index (χ3v) is 2.04. The molecule has 0 saturated heterocycles. The van der Waals surface area contributed by atoms with E-state index in [1.54, 1.807) is 6.21 Å². The topological polar surface area (TPSA) is 12.4 Å². The molecule has 0 aliphatic carbocycles. The van der Waals surface area contributed by atoms with Crippen LogP contribution < -0.4 is 0 Å². The van der Waals surface area contributed by atoms with Crippen LogP contribution in [0.3, 0.4) is 0 Å². The number of hydrogen-bond donors (Lipinski definition) is 0. The highest BCUT2D eigenvalue weighted by Gasteiger charge is 1.86. The first-order valence-electron chi connectivity index (χ1n) is 6.68. The fourth-order valence-electron chi connectivity index (χ4n) is 1.14. The molecule has 0 saturated carbocycles. The SMILES string of the molecule is C=C1CC=CC=N1.CC.CCCCCCC. The van der Waals surface area contributed by atoms with Crippen molar-refractivity contribution in [3.63, 3.8) is 0 Å². The van der Waals surface area contributed by atoms with Crippen molar-refractivity contribution in [3.8, 4) is 0 Å². The average molecular weight is 223 g/mol. The number of unbranched alkanes of at least 4 members (excludes halogenated alkanes) is 4. The number of hydrogen-bond acceptors (Lipinski definition) is 1. The second-order valence-corrected chi connectivity index (χ2v) is 3.54. The molecule has 94 valence electrons. The lowest BCUT2D eigenvalue weighted by atomic mass is 10.2. The van der Waals surface area contributed by atoms with Gasteiger partial charge in [-0.25, -0.2) is 0 Å². The quantitative estimate of drug-likeness (QED) is 0.555. The smallest absolute Gasteiger partial charge is 0.0369 e. The molecule has 0 aromatic carbocycles. The molecular formula is C15H29N. The van der Waals surface area contributed by atoms with Gasteiger partial charge in [-0.1, -0.05) is 72.5 Å². The predicted molar refractivity (Wildman–Crippen MR) is 77.2 cm³/mol. The molecule has 0 aromatic heterocycles. The van der Waals surface area contributed by atoms with Crippen molar-refractivity contribution in [2.75, 3.05) is 0 Å². The van der Waals surface area contributed by atoms with Crippen LogP contribution in [0.5, 0.6) is 0 Å². The standard InChI is InChI=1S/C7H16.C6H7N.C2H6/c1-3-5-7-6-4-2;1-6-4-2-3-5-7-6;1-2/h3-7H2,1-2H3;2-3,5H,1,4H2;1-2H3. The largest absolute Gasteiger partial charge is 0.262 e. The van der Waals surface area contributed by atoms with Gasteiger partial charge in [-0.3, -0.25) is 4.99 Å². The lowest BCUT2D eigenvalue weighted by Crippen LogP contribution is -1.79. The zero-order chi connectivity index (χ0) is 12.6.